The summed E-state index contributed by atoms with van der Waals surface area (Å²) in [4.78, 5) is 27.2. The van der Waals surface area contributed by atoms with Crippen molar-refractivity contribution in [3.05, 3.63) is 83.2 Å². The average Bonchev–Trinajstić information content (AvgIpc) is 3.37. The SMILES string of the molecule is CC1CC(C)CN(C(=O)c2cccc(-c3cccc(-n4ncc(C(=O)O)c4C4CC4c4cn(C)nn4)c3)c2F)C1. The first-order valence-electron chi connectivity index (χ1n) is 13.6. The Morgan fingerprint density at radius 3 is 2.45 bits per heavy atom. The van der Waals surface area contributed by atoms with E-state index in [2.05, 4.69) is 29.3 Å². The molecule has 0 spiro atoms. The first kappa shape index (κ1) is 25.9. The molecule has 1 amide bonds. The van der Waals surface area contributed by atoms with Gasteiger partial charge in [0.2, 0.25) is 0 Å². The molecule has 4 unspecified atom stereocenters. The molecule has 3 heterocycles. The lowest BCUT2D eigenvalue weighted by molar-refractivity contribution is 0.0617. The van der Waals surface area contributed by atoms with Gasteiger partial charge in [0.15, 0.2) is 0 Å². The minimum absolute atomic E-state index is 0.0470. The lowest BCUT2D eigenvalue weighted by atomic mass is 9.91. The molecule has 206 valence electrons. The second-order valence-corrected chi connectivity index (χ2v) is 11.3. The number of carbonyl (C=O) groups excluding carboxylic acids is 1. The number of amides is 1. The maximum Gasteiger partial charge on any atom is 0.339 e. The molecule has 1 N–H and O–H groups in total. The van der Waals surface area contributed by atoms with Crippen LogP contribution in [-0.4, -0.2) is 59.7 Å². The smallest absolute Gasteiger partial charge is 0.339 e. The number of hydrogen-bond acceptors (Lipinski definition) is 5. The van der Waals surface area contributed by atoms with Gasteiger partial charge in [-0.1, -0.05) is 43.3 Å². The molecule has 6 rings (SSSR count). The molecule has 1 aliphatic heterocycles. The molecule has 4 atom stereocenters. The Kier molecular flexibility index (Phi) is 6.48. The van der Waals surface area contributed by atoms with E-state index in [-0.39, 0.29) is 28.9 Å². The summed E-state index contributed by atoms with van der Waals surface area (Å²) < 4.78 is 19.1. The number of carboxylic acid groups (broad SMARTS) is 1. The molecule has 10 heteroatoms. The van der Waals surface area contributed by atoms with Crippen LogP contribution in [0.3, 0.4) is 0 Å². The number of carbonyl (C=O) groups is 2. The van der Waals surface area contributed by atoms with Crippen LogP contribution < -0.4 is 0 Å². The fraction of sp³-hybridized carbons (Fsp3) is 0.367. The van der Waals surface area contributed by atoms with E-state index in [1.165, 1.54) is 6.20 Å². The fourth-order valence-corrected chi connectivity index (χ4v) is 6.17. The van der Waals surface area contributed by atoms with E-state index in [1.54, 1.807) is 57.7 Å². The predicted molar refractivity (Wildman–Crippen MR) is 146 cm³/mol. The van der Waals surface area contributed by atoms with Gasteiger partial charge in [0.05, 0.1) is 28.8 Å². The lowest BCUT2D eigenvalue weighted by Crippen LogP contribution is -2.42. The number of aromatic carboxylic acids is 1. The number of nitrogens with zero attached hydrogens (tertiary/aromatic N) is 6. The van der Waals surface area contributed by atoms with Crippen LogP contribution >= 0.6 is 0 Å². The van der Waals surface area contributed by atoms with Crippen LogP contribution in [0.25, 0.3) is 16.8 Å². The number of rotatable bonds is 6. The Morgan fingerprint density at radius 1 is 1.00 bits per heavy atom. The van der Waals surface area contributed by atoms with E-state index in [1.807, 2.05) is 12.3 Å². The summed E-state index contributed by atoms with van der Waals surface area (Å²) in [5.74, 6) is -1.21. The van der Waals surface area contributed by atoms with E-state index < -0.39 is 11.8 Å². The Bertz CT molecular complexity index is 1600. The molecule has 0 radical (unpaired) electrons. The first-order valence-corrected chi connectivity index (χ1v) is 13.6. The van der Waals surface area contributed by atoms with Crippen LogP contribution in [0, 0.1) is 17.7 Å². The van der Waals surface area contributed by atoms with Gasteiger partial charge in [-0.25, -0.2) is 13.9 Å². The highest BCUT2D eigenvalue weighted by atomic mass is 19.1. The topological polar surface area (TPSA) is 106 Å². The zero-order valence-electron chi connectivity index (χ0n) is 22.7. The molecular formula is C30H31FN6O3. The van der Waals surface area contributed by atoms with Crippen molar-refractivity contribution in [3.63, 3.8) is 0 Å². The summed E-state index contributed by atoms with van der Waals surface area (Å²) in [6, 6.07) is 12.1. The summed E-state index contributed by atoms with van der Waals surface area (Å²) >= 11 is 0. The number of benzene rings is 2. The van der Waals surface area contributed by atoms with Crippen LogP contribution in [0.5, 0.6) is 0 Å². The average molecular weight is 543 g/mol. The van der Waals surface area contributed by atoms with E-state index in [0.717, 1.165) is 18.5 Å². The molecule has 2 aromatic heterocycles. The van der Waals surface area contributed by atoms with Gasteiger partial charge in [0, 0.05) is 43.7 Å². The van der Waals surface area contributed by atoms with Gasteiger partial charge >= 0.3 is 5.97 Å². The summed E-state index contributed by atoms with van der Waals surface area (Å²) in [6.07, 6.45) is 4.99. The van der Waals surface area contributed by atoms with Gasteiger partial charge < -0.3 is 10.0 Å². The summed E-state index contributed by atoms with van der Waals surface area (Å²) in [5.41, 5.74) is 3.07. The van der Waals surface area contributed by atoms with Crippen molar-refractivity contribution < 1.29 is 19.1 Å². The van der Waals surface area contributed by atoms with Gasteiger partial charge in [0.1, 0.15) is 11.4 Å². The Balaban J connectivity index is 1.34. The number of aryl methyl sites for hydroxylation is 1. The van der Waals surface area contributed by atoms with Gasteiger partial charge in [-0.15, -0.1) is 5.10 Å². The van der Waals surface area contributed by atoms with Crippen LogP contribution in [0.4, 0.5) is 4.39 Å². The minimum Gasteiger partial charge on any atom is -0.478 e. The molecule has 2 aromatic carbocycles. The number of likely N-dealkylation sites (tertiary alicyclic amines) is 1. The third-order valence-electron chi connectivity index (χ3n) is 7.97. The molecule has 40 heavy (non-hydrogen) atoms. The number of hydrogen-bond donors (Lipinski definition) is 1. The van der Waals surface area contributed by atoms with E-state index in [9.17, 15) is 14.7 Å². The number of halogens is 1. The maximum absolute atomic E-state index is 15.9. The van der Waals surface area contributed by atoms with Crippen LogP contribution in [-0.2, 0) is 7.05 Å². The zero-order chi connectivity index (χ0) is 28.1. The minimum atomic E-state index is -1.05. The number of aromatic nitrogens is 5. The van der Waals surface area contributed by atoms with Crippen LogP contribution in [0.15, 0.2) is 54.9 Å². The van der Waals surface area contributed by atoms with Gasteiger partial charge in [-0.2, -0.15) is 5.10 Å². The number of piperidine rings is 1. The molecule has 2 fully saturated rings. The fourth-order valence-electron chi connectivity index (χ4n) is 6.17. The predicted octanol–water partition coefficient (Wildman–Crippen LogP) is 4.89. The zero-order valence-corrected chi connectivity index (χ0v) is 22.7. The van der Waals surface area contributed by atoms with Crippen molar-refractivity contribution in [2.45, 2.75) is 38.5 Å². The molecule has 1 aliphatic carbocycles. The quantitative estimate of drug-likeness (QED) is 0.372. The van der Waals surface area contributed by atoms with Gasteiger partial charge in [-0.3, -0.25) is 9.48 Å². The van der Waals surface area contributed by atoms with E-state index >= 15 is 4.39 Å². The molecule has 1 saturated carbocycles. The second-order valence-electron chi connectivity index (χ2n) is 11.3. The largest absolute Gasteiger partial charge is 0.478 e. The number of carboxylic acids is 1. The van der Waals surface area contributed by atoms with Crippen molar-refractivity contribution in [3.8, 4) is 16.8 Å². The Morgan fingerprint density at radius 2 is 1.75 bits per heavy atom. The maximum atomic E-state index is 15.9. The molecular weight excluding hydrogens is 511 g/mol. The van der Waals surface area contributed by atoms with Crippen molar-refractivity contribution in [1.29, 1.82) is 0 Å². The Hall–Kier alpha value is -4.34. The van der Waals surface area contributed by atoms with Crippen LogP contribution in [0.2, 0.25) is 0 Å². The summed E-state index contributed by atoms with van der Waals surface area (Å²) in [5, 5.41) is 22.5. The van der Waals surface area contributed by atoms with Crippen molar-refractivity contribution in [1.82, 2.24) is 29.7 Å². The van der Waals surface area contributed by atoms with Gasteiger partial charge in [-0.05, 0) is 48.4 Å². The molecule has 1 saturated heterocycles. The highest BCUT2D eigenvalue weighted by molar-refractivity contribution is 5.96. The lowest BCUT2D eigenvalue weighted by Gasteiger charge is -2.35. The molecule has 4 aromatic rings. The van der Waals surface area contributed by atoms with E-state index in [0.29, 0.717) is 47.4 Å². The molecule has 0 bridgehead atoms. The Labute approximate surface area is 231 Å². The van der Waals surface area contributed by atoms with Crippen molar-refractivity contribution in [2.75, 3.05) is 13.1 Å². The second kappa shape index (κ2) is 10.0. The van der Waals surface area contributed by atoms with E-state index in [4.69, 9.17) is 0 Å². The van der Waals surface area contributed by atoms with Gasteiger partial charge in [0.25, 0.3) is 5.91 Å². The first-order chi connectivity index (χ1) is 19.2. The summed E-state index contributed by atoms with van der Waals surface area (Å²) in [6.45, 7) is 5.47. The van der Waals surface area contributed by atoms with Crippen LogP contribution in [0.1, 0.15) is 70.6 Å². The third-order valence-corrected chi connectivity index (χ3v) is 7.97. The van der Waals surface area contributed by atoms with Crippen molar-refractivity contribution >= 4 is 11.9 Å². The highest BCUT2D eigenvalue weighted by Crippen LogP contribution is 2.55. The normalized spacial score (nSPS) is 22.4. The molecule has 2 aliphatic rings. The highest BCUT2D eigenvalue weighted by Gasteiger charge is 2.46. The standard InChI is InChI=1S/C30H31FN6O3/c1-17-10-18(2)15-36(14-17)29(38)22-9-5-8-21(27(22)31)19-6-4-7-20(11-19)37-28(25(13-32-37)30(39)40)24-12-23(24)26-16-35(3)34-33-26/h4-9,11,13,16-18,23-24H,10,12,14-15H2,1-3H3,(H,39,40). The monoisotopic (exact) mass is 542 g/mol. The summed E-state index contributed by atoms with van der Waals surface area (Å²) in [7, 11) is 1.79. The molecule has 9 nitrogen and oxygen atoms in total. The van der Waals surface area contributed by atoms with Crippen molar-refractivity contribution in [2.24, 2.45) is 18.9 Å². The third kappa shape index (κ3) is 4.67.